The van der Waals surface area contributed by atoms with E-state index >= 15 is 0 Å². The summed E-state index contributed by atoms with van der Waals surface area (Å²) in [4.78, 5) is 23.8. The number of carboxylic acids is 1. The number of hydrogen-bond donors (Lipinski definition) is 2. The van der Waals surface area contributed by atoms with Crippen LogP contribution in [-0.2, 0) is 4.79 Å². The zero-order valence-corrected chi connectivity index (χ0v) is 14.3. The first-order chi connectivity index (χ1) is 12.0. The van der Waals surface area contributed by atoms with E-state index in [9.17, 15) is 14.7 Å². The van der Waals surface area contributed by atoms with E-state index in [4.69, 9.17) is 0 Å². The minimum atomic E-state index is -0.954. The lowest BCUT2D eigenvalue weighted by Gasteiger charge is -2.19. The summed E-state index contributed by atoms with van der Waals surface area (Å²) >= 11 is 0. The Bertz CT molecular complexity index is 763. The summed E-state index contributed by atoms with van der Waals surface area (Å²) in [5.41, 5.74) is 2.09. The Morgan fingerprint density at radius 3 is 2.68 bits per heavy atom. The van der Waals surface area contributed by atoms with Crippen LogP contribution >= 0.6 is 0 Å². The fraction of sp³-hybridized carbons (Fsp3) is 0.421. The quantitative estimate of drug-likeness (QED) is 0.845. The number of benzene rings is 1. The molecule has 0 radical (unpaired) electrons. The Balaban J connectivity index is 1.76. The first kappa shape index (κ1) is 17.2. The maximum absolute atomic E-state index is 12.6. The minimum absolute atomic E-state index is 0.167. The van der Waals surface area contributed by atoms with E-state index in [0.29, 0.717) is 11.7 Å². The van der Waals surface area contributed by atoms with Gasteiger partial charge in [-0.1, -0.05) is 37.1 Å². The van der Waals surface area contributed by atoms with Crippen molar-refractivity contribution in [3.63, 3.8) is 0 Å². The molecule has 2 N–H and O–H groups in total. The molecule has 2 aromatic rings. The van der Waals surface area contributed by atoms with Gasteiger partial charge in [0.05, 0.1) is 18.5 Å². The molecule has 1 aliphatic carbocycles. The predicted octanol–water partition coefficient (Wildman–Crippen LogP) is 3.25. The van der Waals surface area contributed by atoms with E-state index in [1.54, 1.807) is 6.07 Å². The van der Waals surface area contributed by atoms with Crippen molar-refractivity contribution in [2.45, 2.75) is 51.1 Å². The summed E-state index contributed by atoms with van der Waals surface area (Å²) in [7, 11) is 0. The zero-order chi connectivity index (χ0) is 17.8. The second-order valence-corrected chi connectivity index (χ2v) is 6.60. The molecule has 0 bridgehead atoms. The molecular weight excluding hydrogens is 318 g/mol. The van der Waals surface area contributed by atoms with Gasteiger partial charge in [0.15, 0.2) is 0 Å². The molecule has 6 nitrogen and oxygen atoms in total. The first-order valence-corrected chi connectivity index (χ1v) is 8.68. The van der Waals surface area contributed by atoms with Crippen LogP contribution in [0, 0.1) is 6.92 Å². The lowest BCUT2D eigenvalue weighted by molar-refractivity contribution is -0.137. The van der Waals surface area contributed by atoms with Crippen LogP contribution in [0.4, 0.5) is 0 Å². The van der Waals surface area contributed by atoms with E-state index in [2.05, 4.69) is 10.4 Å². The van der Waals surface area contributed by atoms with Crippen molar-refractivity contribution >= 4 is 11.9 Å². The van der Waals surface area contributed by atoms with Crippen LogP contribution in [0.25, 0.3) is 0 Å². The number of aromatic nitrogens is 2. The zero-order valence-electron chi connectivity index (χ0n) is 14.3. The Hall–Kier alpha value is -2.63. The van der Waals surface area contributed by atoms with E-state index in [0.717, 1.165) is 24.0 Å². The first-order valence-electron chi connectivity index (χ1n) is 8.68. The summed E-state index contributed by atoms with van der Waals surface area (Å²) in [6, 6.07) is 8.98. The van der Waals surface area contributed by atoms with Crippen molar-refractivity contribution in [1.29, 1.82) is 0 Å². The van der Waals surface area contributed by atoms with Crippen LogP contribution in [0.5, 0.6) is 0 Å². The van der Waals surface area contributed by atoms with Gasteiger partial charge in [-0.2, -0.15) is 5.10 Å². The highest BCUT2D eigenvalue weighted by atomic mass is 16.4. The van der Waals surface area contributed by atoms with Gasteiger partial charge in [-0.3, -0.25) is 14.3 Å². The summed E-state index contributed by atoms with van der Waals surface area (Å²) in [5, 5.41) is 16.4. The molecule has 1 heterocycles. The van der Waals surface area contributed by atoms with Gasteiger partial charge in [-0.05, 0) is 37.0 Å². The summed E-state index contributed by atoms with van der Waals surface area (Å²) in [6.45, 7) is 1.91. The molecule has 1 aromatic heterocycles. The molecule has 132 valence electrons. The highest BCUT2D eigenvalue weighted by molar-refractivity contribution is 5.92. The van der Waals surface area contributed by atoms with Crippen LogP contribution in [0.15, 0.2) is 36.5 Å². The van der Waals surface area contributed by atoms with Crippen LogP contribution in [0.3, 0.4) is 0 Å². The van der Waals surface area contributed by atoms with E-state index in [1.807, 2.05) is 42.1 Å². The number of nitrogens with one attached hydrogen (secondary N) is 1. The molecule has 0 spiro atoms. The molecule has 0 saturated heterocycles. The van der Waals surface area contributed by atoms with Crippen molar-refractivity contribution in [2.24, 2.45) is 0 Å². The fourth-order valence-electron chi connectivity index (χ4n) is 3.45. The average molecular weight is 341 g/mol. The van der Waals surface area contributed by atoms with Crippen molar-refractivity contribution in [3.8, 4) is 0 Å². The highest BCUT2D eigenvalue weighted by Gasteiger charge is 2.23. The molecule has 3 rings (SSSR count). The lowest BCUT2D eigenvalue weighted by atomic mass is 9.98. The van der Waals surface area contributed by atoms with Gasteiger partial charge in [-0.25, -0.2) is 0 Å². The summed E-state index contributed by atoms with van der Waals surface area (Å²) < 4.78 is 1.86. The molecular formula is C19H23N3O3. The summed E-state index contributed by atoms with van der Waals surface area (Å²) in [6.07, 6.45) is 6.24. The molecule has 25 heavy (non-hydrogen) atoms. The second-order valence-electron chi connectivity index (χ2n) is 6.60. The van der Waals surface area contributed by atoms with Crippen LogP contribution in [0.1, 0.15) is 65.8 Å². The monoisotopic (exact) mass is 341 g/mol. The van der Waals surface area contributed by atoms with E-state index in [1.165, 1.54) is 12.8 Å². The highest BCUT2D eigenvalue weighted by Crippen LogP contribution is 2.28. The number of amides is 1. The number of aliphatic carboxylic acids is 1. The molecule has 1 saturated carbocycles. The maximum Gasteiger partial charge on any atom is 0.305 e. The molecule has 1 atom stereocenters. The molecule has 1 unspecified atom stereocenters. The van der Waals surface area contributed by atoms with Gasteiger partial charge >= 0.3 is 5.97 Å². The Morgan fingerprint density at radius 2 is 2.00 bits per heavy atom. The van der Waals surface area contributed by atoms with Gasteiger partial charge in [0.25, 0.3) is 5.91 Å². The Morgan fingerprint density at radius 1 is 1.28 bits per heavy atom. The molecule has 1 fully saturated rings. The van der Waals surface area contributed by atoms with Crippen molar-refractivity contribution in [1.82, 2.24) is 15.1 Å². The number of rotatable bonds is 6. The standard InChI is InChI=1S/C19H23N3O3/c1-13-6-2-5-9-15(13)17(12-18(23)24)20-19(25)16-10-11-22(21-16)14-7-3-4-8-14/h2,5-6,9-11,14,17H,3-4,7-8,12H2,1H3,(H,20,25)(H,23,24). The van der Waals surface area contributed by atoms with Crippen LogP contribution in [0.2, 0.25) is 0 Å². The lowest BCUT2D eigenvalue weighted by Crippen LogP contribution is -2.31. The molecule has 1 aromatic carbocycles. The van der Waals surface area contributed by atoms with Gasteiger partial charge in [0.2, 0.25) is 0 Å². The van der Waals surface area contributed by atoms with E-state index in [-0.39, 0.29) is 12.3 Å². The maximum atomic E-state index is 12.6. The minimum Gasteiger partial charge on any atom is -0.481 e. The van der Waals surface area contributed by atoms with Crippen molar-refractivity contribution in [3.05, 3.63) is 53.3 Å². The van der Waals surface area contributed by atoms with Gasteiger partial charge < -0.3 is 10.4 Å². The molecule has 0 aliphatic heterocycles. The number of aryl methyl sites for hydroxylation is 1. The predicted molar refractivity (Wildman–Crippen MR) is 93.4 cm³/mol. The molecule has 1 aliphatic rings. The third kappa shape index (κ3) is 4.07. The number of carbonyl (C=O) groups excluding carboxylic acids is 1. The number of nitrogens with zero attached hydrogens (tertiary/aromatic N) is 2. The summed E-state index contributed by atoms with van der Waals surface area (Å²) in [5.74, 6) is -1.30. The topological polar surface area (TPSA) is 84.2 Å². The fourth-order valence-corrected chi connectivity index (χ4v) is 3.45. The smallest absolute Gasteiger partial charge is 0.305 e. The number of carboxylic acid groups (broad SMARTS) is 1. The Labute approximate surface area is 146 Å². The normalized spacial score (nSPS) is 15.9. The third-order valence-electron chi connectivity index (χ3n) is 4.79. The second kappa shape index (κ2) is 7.51. The number of carbonyl (C=O) groups is 2. The SMILES string of the molecule is Cc1ccccc1C(CC(=O)O)NC(=O)c1ccn(C2CCCC2)n1. The van der Waals surface area contributed by atoms with Crippen molar-refractivity contribution in [2.75, 3.05) is 0 Å². The molecule has 6 heteroatoms. The van der Waals surface area contributed by atoms with Gasteiger partial charge in [0, 0.05) is 6.20 Å². The average Bonchev–Trinajstić information content (AvgIpc) is 3.25. The molecule has 1 amide bonds. The van der Waals surface area contributed by atoms with E-state index < -0.39 is 12.0 Å². The third-order valence-corrected chi connectivity index (χ3v) is 4.79. The van der Waals surface area contributed by atoms with Gasteiger partial charge in [-0.15, -0.1) is 0 Å². The largest absolute Gasteiger partial charge is 0.481 e. The Kier molecular flexibility index (Phi) is 5.16. The van der Waals surface area contributed by atoms with Crippen molar-refractivity contribution < 1.29 is 14.7 Å². The van der Waals surface area contributed by atoms with Crippen LogP contribution in [-0.4, -0.2) is 26.8 Å². The van der Waals surface area contributed by atoms with Crippen LogP contribution < -0.4 is 5.32 Å². The number of hydrogen-bond acceptors (Lipinski definition) is 3. The van der Waals surface area contributed by atoms with Gasteiger partial charge in [0.1, 0.15) is 5.69 Å².